The van der Waals surface area contributed by atoms with E-state index in [9.17, 15) is 0 Å². The van der Waals surface area contributed by atoms with Gasteiger partial charge in [0.25, 0.3) is 0 Å². The van der Waals surface area contributed by atoms with Gasteiger partial charge in [-0.3, -0.25) is 0 Å². The molecule has 0 unspecified atom stereocenters. The Hall–Kier alpha value is -0.530. The summed E-state index contributed by atoms with van der Waals surface area (Å²) in [4.78, 5) is 0. The van der Waals surface area contributed by atoms with Crippen molar-refractivity contribution in [2.75, 3.05) is 0 Å². The third kappa shape index (κ3) is 5.19. The van der Waals surface area contributed by atoms with E-state index in [4.69, 9.17) is 5.21 Å². The minimum atomic E-state index is 0.481. The van der Waals surface area contributed by atoms with Crippen molar-refractivity contribution in [1.29, 1.82) is 0 Å². The van der Waals surface area contributed by atoms with Crippen molar-refractivity contribution in [2.24, 2.45) is 11.1 Å². The Bertz CT molecular complexity index is 189. The van der Waals surface area contributed by atoms with Crippen LogP contribution in [0.5, 0.6) is 0 Å². The molecule has 0 aliphatic heterocycles. The lowest BCUT2D eigenvalue weighted by Crippen LogP contribution is -2.11. The van der Waals surface area contributed by atoms with Crippen molar-refractivity contribution in [1.82, 2.24) is 0 Å². The highest BCUT2D eigenvalue weighted by molar-refractivity contribution is 5.85. The maximum atomic E-state index is 8.95. The zero-order valence-electron chi connectivity index (χ0n) is 10.0. The lowest BCUT2D eigenvalue weighted by Gasteiger charge is -2.14. The predicted octanol–water partition coefficient (Wildman–Crippen LogP) is 4.37. The SMILES string of the molecule is C[C@@H]1CCCCCCCCCC/C1=N/O. The van der Waals surface area contributed by atoms with Crippen LogP contribution in [-0.2, 0) is 0 Å². The van der Waals surface area contributed by atoms with Gasteiger partial charge in [0.2, 0.25) is 0 Å². The van der Waals surface area contributed by atoms with Crippen LogP contribution in [0.25, 0.3) is 0 Å². The normalized spacial score (nSPS) is 29.4. The van der Waals surface area contributed by atoms with E-state index >= 15 is 0 Å². The summed E-state index contributed by atoms with van der Waals surface area (Å²) < 4.78 is 0. The summed E-state index contributed by atoms with van der Waals surface area (Å²) in [6, 6.07) is 0. The average Bonchev–Trinajstić information content (AvgIpc) is 2.23. The number of hydrogen-bond donors (Lipinski definition) is 1. The monoisotopic (exact) mass is 211 g/mol. The molecule has 1 saturated carbocycles. The van der Waals surface area contributed by atoms with Gasteiger partial charge in [0.1, 0.15) is 0 Å². The van der Waals surface area contributed by atoms with Crippen molar-refractivity contribution in [2.45, 2.75) is 71.1 Å². The predicted molar refractivity (Wildman–Crippen MR) is 64.6 cm³/mol. The van der Waals surface area contributed by atoms with E-state index in [1.165, 1.54) is 57.8 Å². The Labute approximate surface area is 93.8 Å². The summed E-state index contributed by atoms with van der Waals surface area (Å²) in [5.74, 6) is 0.481. The largest absolute Gasteiger partial charge is 0.411 e. The Balaban J connectivity index is 2.38. The highest BCUT2D eigenvalue weighted by atomic mass is 16.4. The smallest absolute Gasteiger partial charge is 0.0598 e. The average molecular weight is 211 g/mol. The molecule has 1 aliphatic carbocycles. The van der Waals surface area contributed by atoms with Crippen LogP contribution < -0.4 is 0 Å². The molecule has 1 N–H and O–H groups in total. The molecule has 0 amide bonds. The van der Waals surface area contributed by atoms with Crippen LogP contribution >= 0.6 is 0 Å². The van der Waals surface area contributed by atoms with Gasteiger partial charge in [-0.05, 0) is 25.2 Å². The molecule has 0 radical (unpaired) electrons. The molecule has 1 rings (SSSR count). The van der Waals surface area contributed by atoms with Crippen molar-refractivity contribution in [3.8, 4) is 0 Å². The molecule has 88 valence electrons. The second kappa shape index (κ2) is 7.72. The maximum absolute atomic E-state index is 8.95. The van der Waals surface area contributed by atoms with Gasteiger partial charge in [0.15, 0.2) is 0 Å². The second-order valence-electron chi connectivity index (χ2n) is 4.86. The molecule has 0 heterocycles. The lowest BCUT2D eigenvalue weighted by atomic mass is 9.93. The quantitative estimate of drug-likeness (QED) is 0.468. The van der Waals surface area contributed by atoms with Crippen molar-refractivity contribution in [3.05, 3.63) is 0 Å². The highest BCUT2D eigenvalue weighted by Crippen LogP contribution is 2.19. The first kappa shape index (κ1) is 12.5. The first-order valence-corrected chi connectivity index (χ1v) is 6.55. The molecular weight excluding hydrogens is 186 g/mol. The highest BCUT2D eigenvalue weighted by Gasteiger charge is 2.11. The summed E-state index contributed by atoms with van der Waals surface area (Å²) in [6.07, 6.45) is 12.9. The van der Waals surface area contributed by atoms with Gasteiger partial charge in [-0.2, -0.15) is 0 Å². The number of nitrogens with zero attached hydrogens (tertiary/aromatic N) is 1. The van der Waals surface area contributed by atoms with Crippen LogP contribution in [0.3, 0.4) is 0 Å². The second-order valence-corrected chi connectivity index (χ2v) is 4.86. The summed E-state index contributed by atoms with van der Waals surface area (Å²) in [5, 5.41) is 12.4. The van der Waals surface area contributed by atoms with E-state index in [0.717, 1.165) is 12.1 Å². The molecule has 1 atom stereocenters. The van der Waals surface area contributed by atoms with Crippen LogP contribution in [0.15, 0.2) is 5.16 Å². The van der Waals surface area contributed by atoms with Gasteiger partial charge in [-0.25, -0.2) is 0 Å². The van der Waals surface area contributed by atoms with Crippen molar-refractivity contribution >= 4 is 5.71 Å². The van der Waals surface area contributed by atoms with Crippen LogP contribution in [0.1, 0.15) is 71.1 Å². The Morgan fingerprint density at radius 2 is 1.47 bits per heavy atom. The van der Waals surface area contributed by atoms with Gasteiger partial charge in [-0.1, -0.05) is 57.0 Å². The van der Waals surface area contributed by atoms with E-state index in [1.807, 2.05) is 0 Å². The fraction of sp³-hybridized carbons (Fsp3) is 0.923. The third-order valence-electron chi connectivity index (χ3n) is 3.52. The van der Waals surface area contributed by atoms with Crippen LogP contribution in [0, 0.1) is 5.92 Å². The Morgan fingerprint density at radius 1 is 0.933 bits per heavy atom. The molecule has 0 spiro atoms. The van der Waals surface area contributed by atoms with E-state index in [0.29, 0.717) is 5.92 Å². The molecule has 0 saturated heterocycles. The van der Waals surface area contributed by atoms with Gasteiger partial charge in [-0.15, -0.1) is 0 Å². The van der Waals surface area contributed by atoms with Gasteiger partial charge >= 0.3 is 0 Å². The zero-order chi connectivity index (χ0) is 10.9. The van der Waals surface area contributed by atoms with E-state index < -0.39 is 0 Å². The fourth-order valence-corrected chi connectivity index (χ4v) is 2.38. The van der Waals surface area contributed by atoms with Crippen molar-refractivity contribution < 1.29 is 5.21 Å². The summed E-state index contributed by atoms with van der Waals surface area (Å²) in [7, 11) is 0. The van der Waals surface area contributed by atoms with Gasteiger partial charge in [0, 0.05) is 0 Å². The molecule has 1 fully saturated rings. The lowest BCUT2D eigenvalue weighted by molar-refractivity contribution is 0.312. The van der Waals surface area contributed by atoms with Crippen LogP contribution in [0.4, 0.5) is 0 Å². The number of hydrogen-bond acceptors (Lipinski definition) is 2. The molecule has 1 aliphatic rings. The molecule has 15 heavy (non-hydrogen) atoms. The van der Waals surface area contributed by atoms with Crippen LogP contribution in [0.2, 0.25) is 0 Å². The van der Waals surface area contributed by atoms with E-state index in [2.05, 4.69) is 12.1 Å². The molecular formula is C13H25NO. The van der Waals surface area contributed by atoms with E-state index in [1.54, 1.807) is 0 Å². The van der Waals surface area contributed by atoms with Gasteiger partial charge in [0.05, 0.1) is 5.71 Å². The fourth-order valence-electron chi connectivity index (χ4n) is 2.38. The van der Waals surface area contributed by atoms with Crippen molar-refractivity contribution in [3.63, 3.8) is 0 Å². The number of oxime groups is 1. The summed E-state index contributed by atoms with van der Waals surface area (Å²) in [6.45, 7) is 2.20. The minimum absolute atomic E-state index is 0.481. The minimum Gasteiger partial charge on any atom is -0.411 e. The molecule has 2 heteroatoms. The molecule has 0 bridgehead atoms. The standard InChI is InChI=1S/C13H25NO/c1-12-10-8-6-4-2-3-5-7-9-11-13(12)14-15/h12,15H,2-11H2,1H3/b14-13-/t12-/m1/s1. The Kier molecular flexibility index (Phi) is 6.45. The Morgan fingerprint density at radius 3 is 2.07 bits per heavy atom. The van der Waals surface area contributed by atoms with Crippen LogP contribution in [-0.4, -0.2) is 10.9 Å². The first-order chi connectivity index (χ1) is 7.34. The molecule has 2 nitrogen and oxygen atoms in total. The molecule has 0 aromatic heterocycles. The molecule has 0 aromatic carbocycles. The summed E-state index contributed by atoms with van der Waals surface area (Å²) in [5.41, 5.74) is 1.02. The number of rotatable bonds is 0. The first-order valence-electron chi connectivity index (χ1n) is 6.55. The zero-order valence-corrected chi connectivity index (χ0v) is 10.0. The van der Waals surface area contributed by atoms with E-state index in [-0.39, 0.29) is 0 Å². The molecule has 0 aromatic rings. The van der Waals surface area contributed by atoms with Gasteiger partial charge < -0.3 is 5.21 Å². The maximum Gasteiger partial charge on any atom is 0.0598 e. The topological polar surface area (TPSA) is 32.6 Å². The third-order valence-corrected chi connectivity index (χ3v) is 3.52. The summed E-state index contributed by atoms with van der Waals surface area (Å²) >= 11 is 0.